The molecule has 0 heterocycles. The van der Waals surface area contributed by atoms with Gasteiger partial charge in [-0.3, -0.25) is 0 Å². The molecule has 6 nitrogen and oxygen atoms in total. The molecule has 0 saturated carbocycles. The van der Waals surface area contributed by atoms with Crippen LogP contribution in [0.4, 0.5) is 5.69 Å². The molecule has 1 aromatic rings. The van der Waals surface area contributed by atoms with E-state index >= 15 is 0 Å². The predicted molar refractivity (Wildman–Crippen MR) is 72.8 cm³/mol. The van der Waals surface area contributed by atoms with Crippen LogP contribution in [0.3, 0.4) is 0 Å². The number of carboxylic acids is 2. The Kier molecular flexibility index (Phi) is 8.13. The second kappa shape index (κ2) is 8.45. The van der Waals surface area contributed by atoms with Crippen LogP contribution in [0.2, 0.25) is 0 Å². The maximum absolute atomic E-state index is 9.10. The smallest absolute Gasteiger partial charge is 0.414 e. The Labute approximate surface area is 122 Å². The van der Waals surface area contributed by atoms with Gasteiger partial charge in [0.1, 0.15) is 0 Å². The van der Waals surface area contributed by atoms with Crippen molar-refractivity contribution in [2.45, 2.75) is 0 Å². The molecule has 0 unspecified atom stereocenters. The number of carboxylic acid groups (broad SMARTS) is 2. The van der Waals surface area contributed by atoms with E-state index in [-0.39, 0.29) is 0 Å². The van der Waals surface area contributed by atoms with E-state index in [4.69, 9.17) is 19.8 Å². The number of nitrogens with one attached hydrogen (secondary N) is 2. The summed E-state index contributed by atoms with van der Waals surface area (Å²) in [5, 5.41) is 14.8. The van der Waals surface area contributed by atoms with Crippen LogP contribution in [0.15, 0.2) is 27.1 Å². The van der Waals surface area contributed by atoms with Crippen molar-refractivity contribution in [3.8, 4) is 0 Å². The fraction of sp³-hybridized carbons (Fsp3) is 0. The molecule has 0 radical (unpaired) electrons. The molecule has 1 rings (SSSR count). The average Bonchev–Trinajstić information content (AvgIpc) is 2.25. The number of benzene rings is 1. The lowest BCUT2D eigenvalue weighted by molar-refractivity contribution is -0.159. The van der Waals surface area contributed by atoms with E-state index in [1.807, 2.05) is 18.2 Å². The lowest BCUT2D eigenvalue weighted by atomic mass is 10.3. The largest absolute Gasteiger partial charge is 0.473 e. The lowest BCUT2D eigenvalue weighted by Crippen LogP contribution is -2.09. The van der Waals surface area contributed by atoms with Gasteiger partial charge in [-0.05, 0) is 50.1 Å². The van der Waals surface area contributed by atoms with Crippen molar-refractivity contribution in [2.75, 3.05) is 5.43 Å². The zero-order valence-electron chi connectivity index (χ0n) is 8.08. The van der Waals surface area contributed by atoms with E-state index in [9.17, 15) is 0 Å². The Hall–Kier alpha value is -0.640. The molecular weight excluding hydrogens is 428 g/mol. The second-order valence-corrected chi connectivity index (χ2v) is 4.56. The number of anilines is 1. The van der Waals surface area contributed by atoms with Crippen LogP contribution >= 0.6 is 48.0 Å². The average molecular weight is 435 g/mol. The molecular formula is C8H7Br3N2O4. The third-order valence-corrected chi connectivity index (χ3v) is 3.37. The zero-order chi connectivity index (χ0) is 13.4. The molecule has 0 bridgehead atoms. The second-order valence-electron chi connectivity index (χ2n) is 2.46. The molecule has 17 heavy (non-hydrogen) atoms. The molecule has 0 saturated heterocycles. The number of hydrogen-bond acceptors (Lipinski definition) is 4. The van der Waals surface area contributed by atoms with Gasteiger partial charge in [0.2, 0.25) is 0 Å². The van der Waals surface area contributed by atoms with E-state index in [0.717, 1.165) is 14.6 Å². The Bertz CT molecular complexity index is 402. The van der Waals surface area contributed by atoms with Crippen molar-refractivity contribution in [1.29, 1.82) is 0 Å². The van der Waals surface area contributed by atoms with Gasteiger partial charge in [0, 0.05) is 25.1 Å². The van der Waals surface area contributed by atoms with Crippen LogP contribution in [0.5, 0.6) is 0 Å². The highest BCUT2D eigenvalue weighted by Crippen LogP contribution is 2.25. The van der Waals surface area contributed by atoms with E-state index in [1.165, 1.54) is 0 Å². The summed E-state index contributed by atoms with van der Waals surface area (Å²) in [6.45, 7) is 0. The Morgan fingerprint density at radius 1 is 1.06 bits per heavy atom. The molecule has 0 atom stereocenters. The molecule has 1 aromatic carbocycles. The van der Waals surface area contributed by atoms with Gasteiger partial charge in [-0.2, -0.15) is 4.45 Å². The van der Waals surface area contributed by atoms with Crippen molar-refractivity contribution in [3.05, 3.63) is 27.1 Å². The lowest BCUT2D eigenvalue weighted by Gasteiger charge is -2.03. The fourth-order valence-electron chi connectivity index (χ4n) is 0.628. The first-order valence-electron chi connectivity index (χ1n) is 3.91. The zero-order valence-corrected chi connectivity index (χ0v) is 12.8. The molecule has 9 heteroatoms. The summed E-state index contributed by atoms with van der Waals surface area (Å²) in [6, 6.07) is 5.86. The van der Waals surface area contributed by atoms with Crippen LogP contribution in [0.25, 0.3) is 0 Å². The summed E-state index contributed by atoms with van der Waals surface area (Å²) in [6.07, 6.45) is 0. The van der Waals surface area contributed by atoms with Crippen LogP contribution in [-0.2, 0) is 9.59 Å². The summed E-state index contributed by atoms with van der Waals surface area (Å²) in [5.74, 6) is -3.65. The summed E-state index contributed by atoms with van der Waals surface area (Å²) in [7, 11) is 0. The molecule has 0 aliphatic heterocycles. The van der Waals surface area contributed by atoms with Gasteiger partial charge >= 0.3 is 11.9 Å². The van der Waals surface area contributed by atoms with E-state index < -0.39 is 11.9 Å². The summed E-state index contributed by atoms with van der Waals surface area (Å²) < 4.78 is 4.72. The van der Waals surface area contributed by atoms with Gasteiger partial charge in [0.25, 0.3) is 0 Å². The number of hydrazine groups is 1. The van der Waals surface area contributed by atoms with Crippen LogP contribution in [-0.4, -0.2) is 22.2 Å². The van der Waals surface area contributed by atoms with Crippen molar-refractivity contribution in [3.63, 3.8) is 0 Å². The minimum Gasteiger partial charge on any atom is -0.473 e. The normalized spacial score (nSPS) is 8.88. The number of hydrogen-bond donors (Lipinski definition) is 4. The third-order valence-electron chi connectivity index (χ3n) is 1.29. The topological polar surface area (TPSA) is 98.7 Å². The van der Waals surface area contributed by atoms with Crippen LogP contribution in [0.1, 0.15) is 0 Å². The quantitative estimate of drug-likeness (QED) is 0.324. The van der Waals surface area contributed by atoms with Crippen LogP contribution in [0, 0.1) is 0 Å². The Morgan fingerprint density at radius 3 is 1.94 bits per heavy atom. The molecule has 0 aromatic heterocycles. The van der Waals surface area contributed by atoms with Crippen molar-refractivity contribution >= 4 is 65.6 Å². The summed E-state index contributed by atoms with van der Waals surface area (Å²) in [5.41, 5.74) is 3.87. The minimum atomic E-state index is -1.82. The first kappa shape index (κ1) is 16.4. The number of carbonyl (C=O) groups is 2. The molecule has 4 N–H and O–H groups in total. The molecule has 94 valence electrons. The maximum atomic E-state index is 9.10. The molecule has 0 aliphatic carbocycles. The molecule has 0 fully saturated rings. The number of halogens is 3. The molecule has 0 spiro atoms. The van der Waals surface area contributed by atoms with Crippen molar-refractivity contribution in [1.82, 2.24) is 4.45 Å². The Balaban J connectivity index is 0.000000366. The predicted octanol–water partition coefficient (Wildman–Crippen LogP) is 2.59. The standard InChI is InChI=1S/C6H5Br3N2.C2H2O4/c7-5-2-1-4(10-11-9)3-6(5)8;3-1(4)2(5)6/h1-3,10-11H;(H,3,4)(H,5,6). The highest BCUT2D eigenvalue weighted by Gasteiger charge is 2.04. The summed E-state index contributed by atoms with van der Waals surface area (Å²) in [4.78, 5) is 18.2. The summed E-state index contributed by atoms with van der Waals surface area (Å²) >= 11 is 9.80. The fourth-order valence-corrected chi connectivity index (χ4v) is 1.48. The third kappa shape index (κ3) is 7.31. The SMILES string of the molecule is BrNNc1ccc(Br)c(Br)c1.O=C(O)C(=O)O. The maximum Gasteiger partial charge on any atom is 0.414 e. The molecule has 0 aliphatic rings. The highest BCUT2D eigenvalue weighted by molar-refractivity contribution is 9.13. The van der Waals surface area contributed by atoms with Gasteiger partial charge in [0.15, 0.2) is 0 Å². The minimum absolute atomic E-state index is 0.983. The number of rotatable bonds is 2. The van der Waals surface area contributed by atoms with Gasteiger partial charge in [-0.15, -0.1) is 0 Å². The number of aliphatic carboxylic acids is 2. The van der Waals surface area contributed by atoms with Crippen molar-refractivity contribution in [2.24, 2.45) is 0 Å². The highest BCUT2D eigenvalue weighted by atomic mass is 79.9. The van der Waals surface area contributed by atoms with E-state index in [1.54, 1.807) is 0 Å². The van der Waals surface area contributed by atoms with E-state index in [2.05, 4.69) is 57.9 Å². The Morgan fingerprint density at radius 2 is 1.59 bits per heavy atom. The van der Waals surface area contributed by atoms with Gasteiger partial charge < -0.3 is 15.6 Å². The van der Waals surface area contributed by atoms with Crippen LogP contribution < -0.4 is 9.88 Å². The van der Waals surface area contributed by atoms with Gasteiger partial charge in [0.05, 0.1) is 5.69 Å². The van der Waals surface area contributed by atoms with Gasteiger partial charge in [-0.1, -0.05) is 0 Å². The van der Waals surface area contributed by atoms with Crippen molar-refractivity contribution < 1.29 is 19.8 Å². The molecule has 0 amide bonds. The first-order valence-corrected chi connectivity index (χ1v) is 6.29. The van der Waals surface area contributed by atoms with E-state index in [0.29, 0.717) is 0 Å². The first-order chi connectivity index (χ1) is 7.88. The monoisotopic (exact) mass is 432 g/mol. The van der Waals surface area contributed by atoms with Gasteiger partial charge in [-0.25, -0.2) is 9.59 Å².